The van der Waals surface area contributed by atoms with Gasteiger partial charge in [0.25, 0.3) is 0 Å². The summed E-state index contributed by atoms with van der Waals surface area (Å²) in [6, 6.07) is 46.7. The van der Waals surface area contributed by atoms with Crippen molar-refractivity contribution in [3.63, 3.8) is 0 Å². The summed E-state index contributed by atoms with van der Waals surface area (Å²) in [5.41, 5.74) is 17.3. The van der Waals surface area contributed by atoms with E-state index >= 15 is 0 Å². The molecule has 2 aliphatic carbocycles. The van der Waals surface area contributed by atoms with Gasteiger partial charge < -0.3 is 14.1 Å². The number of rotatable bonds is 5. The predicted molar refractivity (Wildman–Crippen MR) is 226 cm³/mol. The van der Waals surface area contributed by atoms with Crippen LogP contribution in [0.4, 0.5) is 17.1 Å². The molecule has 8 aromatic rings. The maximum absolute atomic E-state index is 14.4. The third-order valence-corrected chi connectivity index (χ3v) is 11.6. The zero-order chi connectivity index (χ0) is 38.5. The zero-order valence-corrected chi connectivity index (χ0v) is 32.0. The highest BCUT2D eigenvalue weighted by atomic mass is 16.5. The van der Waals surface area contributed by atoms with Crippen LogP contribution in [-0.4, -0.2) is 6.61 Å². The Kier molecular flexibility index (Phi) is 7.40. The number of aryl methyl sites for hydroxylation is 4. The molecule has 0 radical (unpaired) electrons. The Hall–Kier alpha value is -6.90. The third kappa shape index (κ3) is 4.82. The monoisotopic (exact) mass is 726 g/mol. The van der Waals surface area contributed by atoms with E-state index in [0.717, 1.165) is 67.3 Å². The van der Waals surface area contributed by atoms with Crippen molar-refractivity contribution in [1.82, 2.24) is 0 Å². The molecule has 0 saturated carbocycles. The van der Waals surface area contributed by atoms with E-state index in [1.54, 1.807) is 18.2 Å². The number of hydrogen-bond acceptors (Lipinski definition) is 5. The molecule has 1 spiro atoms. The van der Waals surface area contributed by atoms with Crippen molar-refractivity contribution in [3.8, 4) is 34.1 Å². The Balaban J connectivity index is 1.32. The molecule has 1 heterocycles. The normalized spacial score (nSPS) is 14.7. The van der Waals surface area contributed by atoms with E-state index in [9.17, 15) is 10.1 Å². The van der Waals surface area contributed by atoms with Crippen LogP contribution in [0.2, 0.25) is 0 Å². The number of fused-ring (bicyclic) bond motifs is 12. The summed E-state index contributed by atoms with van der Waals surface area (Å²) >= 11 is 0. The Morgan fingerprint density at radius 2 is 1.20 bits per heavy atom. The maximum atomic E-state index is 14.4. The maximum Gasteiger partial charge on any atom is 0.200 e. The summed E-state index contributed by atoms with van der Waals surface area (Å²) in [6.07, 6.45) is 0. The second-order valence-corrected chi connectivity index (χ2v) is 15.3. The van der Waals surface area contributed by atoms with Crippen molar-refractivity contribution in [2.24, 2.45) is 0 Å². The van der Waals surface area contributed by atoms with Crippen LogP contribution < -0.4 is 15.1 Å². The number of benzene rings is 7. The van der Waals surface area contributed by atoms with Gasteiger partial charge in [-0.05, 0) is 180 Å². The van der Waals surface area contributed by atoms with Gasteiger partial charge >= 0.3 is 0 Å². The summed E-state index contributed by atoms with van der Waals surface area (Å²) in [6.45, 7) is 11.2. The number of nitrogens with zero attached hydrogens (tertiary/aromatic N) is 2. The summed E-state index contributed by atoms with van der Waals surface area (Å²) < 4.78 is 12.7. The molecule has 0 amide bonds. The van der Waals surface area contributed by atoms with Crippen LogP contribution in [0.3, 0.4) is 0 Å². The highest BCUT2D eigenvalue weighted by Crippen LogP contribution is 2.64. The molecule has 0 saturated heterocycles. The fourth-order valence-corrected chi connectivity index (χ4v) is 9.57. The first kappa shape index (κ1) is 33.7. The first-order chi connectivity index (χ1) is 27.2. The van der Waals surface area contributed by atoms with Crippen LogP contribution in [0.15, 0.2) is 137 Å². The molecule has 0 bridgehead atoms. The molecular formula is C51H38N2O3. The van der Waals surface area contributed by atoms with Crippen molar-refractivity contribution >= 4 is 39.0 Å². The standard InChI is InChI=1S/C51H38N2O3/c1-6-55-37-13-16-40-42-27-49-43(50(54)41-14-11-33(28-52)23-48(41)56-49)26-47(42)51(46(40)25-37)44-10-8-7-9-38(44)39-15-12-34(24-45(39)51)53(35-19-29(2)17-30(3)20-35)36-21-31(4)18-32(5)22-36/h7-27H,6H2,1-5H3. The molecule has 0 aliphatic heterocycles. The first-order valence-electron chi connectivity index (χ1n) is 19.1. The molecule has 1 aromatic heterocycles. The van der Waals surface area contributed by atoms with Crippen LogP contribution in [0.25, 0.3) is 44.2 Å². The summed E-state index contributed by atoms with van der Waals surface area (Å²) in [5.74, 6) is 0.793. The van der Waals surface area contributed by atoms with Gasteiger partial charge in [-0.25, -0.2) is 0 Å². The topological polar surface area (TPSA) is 66.5 Å². The summed E-state index contributed by atoms with van der Waals surface area (Å²) in [4.78, 5) is 16.8. The van der Waals surface area contributed by atoms with Gasteiger partial charge in [0.15, 0.2) is 0 Å². The number of anilines is 3. The lowest BCUT2D eigenvalue weighted by Gasteiger charge is -2.32. The van der Waals surface area contributed by atoms with E-state index in [1.165, 1.54) is 22.3 Å². The van der Waals surface area contributed by atoms with Crippen molar-refractivity contribution < 1.29 is 9.15 Å². The minimum atomic E-state index is -0.767. The van der Waals surface area contributed by atoms with Gasteiger partial charge in [-0.2, -0.15) is 5.26 Å². The van der Waals surface area contributed by atoms with Crippen LogP contribution in [0.1, 0.15) is 57.0 Å². The van der Waals surface area contributed by atoms with E-state index < -0.39 is 5.41 Å². The van der Waals surface area contributed by atoms with E-state index in [4.69, 9.17) is 9.15 Å². The van der Waals surface area contributed by atoms with Gasteiger partial charge in [0.2, 0.25) is 5.43 Å². The molecule has 2 aliphatic rings. The van der Waals surface area contributed by atoms with Crippen LogP contribution in [0.5, 0.6) is 5.75 Å². The lowest BCUT2D eigenvalue weighted by Crippen LogP contribution is -2.26. The molecule has 5 nitrogen and oxygen atoms in total. The van der Waals surface area contributed by atoms with Crippen LogP contribution >= 0.6 is 0 Å². The lowest BCUT2D eigenvalue weighted by molar-refractivity contribution is 0.340. The van der Waals surface area contributed by atoms with Gasteiger partial charge in [-0.3, -0.25) is 4.79 Å². The van der Waals surface area contributed by atoms with Crippen molar-refractivity contribution in [2.75, 3.05) is 11.5 Å². The Labute approximate surface area is 325 Å². The lowest BCUT2D eigenvalue weighted by atomic mass is 9.70. The van der Waals surface area contributed by atoms with Crippen molar-refractivity contribution in [1.29, 1.82) is 5.26 Å². The minimum absolute atomic E-state index is 0.120. The molecule has 270 valence electrons. The second kappa shape index (κ2) is 12.3. The van der Waals surface area contributed by atoms with Crippen LogP contribution in [-0.2, 0) is 5.41 Å². The number of hydrogen-bond donors (Lipinski definition) is 0. The molecule has 1 unspecified atom stereocenters. The van der Waals surface area contributed by atoms with Crippen LogP contribution in [0, 0.1) is 39.0 Å². The average Bonchev–Trinajstić information content (AvgIpc) is 3.62. The second-order valence-electron chi connectivity index (χ2n) is 15.3. The van der Waals surface area contributed by atoms with Gasteiger partial charge in [-0.15, -0.1) is 0 Å². The molecule has 1 atom stereocenters. The molecule has 5 heteroatoms. The third-order valence-electron chi connectivity index (χ3n) is 11.6. The van der Waals surface area contributed by atoms with Gasteiger partial charge in [0, 0.05) is 17.1 Å². The predicted octanol–water partition coefficient (Wildman–Crippen LogP) is 12.3. The molecule has 0 fully saturated rings. The SMILES string of the molecule is CCOc1ccc2c(c1)C1(c3ccccc3-c3ccc(N(c4cc(C)cc(C)c4)c4cc(C)cc(C)c4)cc31)c1cc3c(=O)c4ccc(C#N)cc4oc3cc1-2. The van der Waals surface area contributed by atoms with E-state index in [2.05, 4.69) is 136 Å². The Bertz CT molecular complexity index is 3000. The first-order valence-corrected chi connectivity index (χ1v) is 19.1. The average molecular weight is 727 g/mol. The number of nitriles is 1. The Morgan fingerprint density at radius 3 is 1.89 bits per heavy atom. The minimum Gasteiger partial charge on any atom is -0.494 e. The summed E-state index contributed by atoms with van der Waals surface area (Å²) in [5, 5.41) is 10.6. The summed E-state index contributed by atoms with van der Waals surface area (Å²) in [7, 11) is 0. The van der Waals surface area contributed by atoms with E-state index in [-0.39, 0.29) is 5.43 Å². The fraction of sp³-hybridized carbons (Fsp3) is 0.137. The number of ether oxygens (including phenoxy) is 1. The fourth-order valence-electron chi connectivity index (χ4n) is 9.57. The molecule has 0 N–H and O–H groups in total. The molecule has 7 aromatic carbocycles. The van der Waals surface area contributed by atoms with E-state index in [1.807, 2.05) is 19.1 Å². The van der Waals surface area contributed by atoms with Gasteiger partial charge in [0.1, 0.15) is 16.9 Å². The zero-order valence-electron chi connectivity index (χ0n) is 32.0. The van der Waals surface area contributed by atoms with E-state index in [0.29, 0.717) is 34.1 Å². The molecule has 56 heavy (non-hydrogen) atoms. The van der Waals surface area contributed by atoms with Crippen molar-refractivity contribution in [2.45, 2.75) is 40.0 Å². The quantitative estimate of drug-likeness (QED) is 0.165. The van der Waals surface area contributed by atoms with Gasteiger partial charge in [0.05, 0.1) is 34.4 Å². The molecular weight excluding hydrogens is 689 g/mol. The largest absolute Gasteiger partial charge is 0.494 e. The molecule has 10 rings (SSSR count). The highest BCUT2D eigenvalue weighted by Gasteiger charge is 2.52. The smallest absolute Gasteiger partial charge is 0.200 e. The Morgan fingerprint density at radius 1 is 0.589 bits per heavy atom. The van der Waals surface area contributed by atoms with Crippen molar-refractivity contribution in [3.05, 3.63) is 188 Å². The highest BCUT2D eigenvalue weighted by molar-refractivity contribution is 6.01. The van der Waals surface area contributed by atoms with Gasteiger partial charge in [-0.1, -0.05) is 48.5 Å².